The average molecular weight is 390 g/mol. The zero-order valence-electron chi connectivity index (χ0n) is 14.7. The SMILES string of the molecule is COCCN(CC(=O)Nc1ccccc1F)Cc1nnc(-c2cccs2)o1. The third kappa shape index (κ3) is 5.43. The summed E-state index contributed by atoms with van der Waals surface area (Å²) in [5.74, 6) is 0.0247. The number of carbonyl (C=O) groups is 1. The van der Waals surface area contributed by atoms with Crippen LogP contribution in [0, 0.1) is 5.82 Å². The van der Waals surface area contributed by atoms with E-state index in [0.29, 0.717) is 24.9 Å². The Morgan fingerprint density at radius 1 is 1.30 bits per heavy atom. The first-order valence-corrected chi connectivity index (χ1v) is 9.15. The first-order chi connectivity index (χ1) is 13.2. The fourth-order valence-corrected chi connectivity index (χ4v) is 3.04. The van der Waals surface area contributed by atoms with Crippen LogP contribution in [0.2, 0.25) is 0 Å². The van der Waals surface area contributed by atoms with Gasteiger partial charge in [-0.05, 0) is 23.6 Å². The molecule has 7 nitrogen and oxygen atoms in total. The monoisotopic (exact) mass is 390 g/mol. The van der Waals surface area contributed by atoms with Crippen LogP contribution in [0.3, 0.4) is 0 Å². The summed E-state index contributed by atoms with van der Waals surface area (Å²) in [5.41, 5.74) is 0.145. The highest BCUT2D eigenvalue weighted by atomic mass is 32.1. The van der Waals surface area contributed by atoms with Gasteiger partial charge in [0.05, 0.1) is 30.3 Å². The molecule has 0 atom stereocenters. The van der Waals surface area contributed by atoms with E-state index in [1.54, 1.807) is 24.1 Å². The van der Waals surface area contributed by atoms with E-state index in [-0.39, 0.29) is 24.7 Å². The number of nitrogens with one attached hydrogen (secondary N) is 1. The van der Waals surface area contributed by atoms with Gasteiger partial charge >= 0.3 is 0 Å². The van der Waals surface area contributed by atoms with Crippen molar-refractivity contribution in [3.8, 4) is 10.8 Å². The van der Waals surface area contributed by atoms with Gasteiger partial charge in [-0.25, -0.2) is 4.39 Å². The number of rotatable bonds is 9. The molecule has 0 aliphatic rings. The van der Waals surface area contributed by atoms with Gasteiger partial charge in [0, 0.05) is 13.7 Å². The maximum Gasteiger partial charge on any atom is 0.257 e. The molecule has 27 heavy (non-hydrogen) atoms. The number of halogens is 1. The van der Waals surface area contributed by atoms with Crippen LogP contribution in [0.25, 0.3) is 10.8 Å². The maximum atomic E-state index is 13.7. The number of aromatic nitrogens is 2. The number of methoxy groups -OCH3 is 1. The first-order valence-electron chi connectivity index (χ1n) is 8.27. The lowest BCUT2D eigenvalue weighted by atomic mass is 10.3. The molecule has 0 aliphatic carbocycles. The van der Waals surface area contributed by atoms with Crippen molar-refractivity contribution in [2.45, 2.75) is 6.54 Å². The molecule has 142 valence electrons. The van der Waals surface area contributed by atoms with E-state index in [9.17, 15) is 9.18 Å². The Morgan fingerprint density at radius 3 is 2.89 bits per heavy atom. The predicted octanol–water partition coefficient (Wildman–Crippen LogP) is 3.02. The van der Waals surface area contributed by atoms with E-state index >= 15 is 0 Å². The summed E-state index contributed by atoms with van der Waals surface area (Å²) in [6, 6.07) is 9.83. The third-order valence-electron chi connectivity index (χ3n) is 3.68. The van der Waals surface area contributed by atoms with Gasteiger partial charge in [0.15, 0.2) is 0 Å². The Bertz CT molecular complexity index is 869. The summed E-state index contributed by atoms with van der Waals surface area (Å²) in [6.45, 7) is 1.23. The van der Waals surface area contributed by atoms with Gasteiger partial charge in [-0.3, -0.25) is 9.69 Å². The van der Waals surface area contributed by atoms with Crippen LogP contribution in [0.4, 0.5) is 10.1 Å². The molecule has 0 saturated heterocycles. The lowest BCUT2D eigenvalue weighted by molar-refractivity contribution is -0.117. The molecule has 2 aromatic heterocycles. The van der Waals surface area contributed by atoms with Crippen molar-refractivity contribution in [2.24, 2.45) is 0 Å². The van der Waals surface area contributed by atoms with Gasteiger partial charge in [-0.1, -0.05) is 18.2 Å². The van der Waals surface area contributed by atoms with E-state index in [1.165, 1.54) is 23.5 Å². The van der Waals surface area contributed by atoms with Gasteiger partial charge in [0.2, 0.25) is 11.8 Å². The third-order valence-corrected chi connectivity index (χ3v) is 4.54. The molecule has 0 saturated carbocycles. The topological polar surface area (TPSA) is 80.5 Å². The van der Waals surface area contributed by atoms with Gasteiger partial charge in [-0.2, -0.15) is 0 Å². The van der Waals surface area contributed by atoms with Gasteiger partial charge in [0.25, 0.3) is 5.89 Å². The van der Waals surface area contributed by atoms with Crippen LogP contribution in [-0.4, -0.2) is 47.8 Å². The van der Waals surface area contributed by atoms with Crippen LogP contribution in [0.15, 0.2) is 46.2 Å². The fourth-order valence-electron chi connectivity index (χ4n) is 2.40. The predicted molar refractivity (Wildman–Crippen MR) is 99.8 cm³/mol. The molecule has 1 amide bonds. The average Bonchev–Trinajstić information content (AvgIpc) is 3.33. The number of nitrogens with zero attached hydrogens (tertiary/aromatic N) is 3. The standard InChI is InChI=1S/C18H19FN4O3S/c1-25-9-8-23(11-16(24)20-14-6-3-2-5-13(14)19)12-17-21-22-18(26-17)15-7-4-10-27-15/h2-7,10H,8-9,11-12H2,1H3,(H,20,24). The van der Waals surface area contributed by atoms with Crippen molar-refractivity contribution in [1.82, 2.24) is 15.1 Å². The number of hydrogen-bond donors (Lipinski definition) is 1. The summed E-state index contributed by atoms with van der Waals surface area (Å²) < 4.78 is 24.5. The van der Waals surface area contributed by atoms with Crippen molar-refractivity contribution < 1.29 is 18.3 Å². The molecule has 0 unspecified atom stereocenters. The Labute approximate surface area is 159 Å². The summed E-state index contributed by atoms with van der Waals surface area (Å²) in [4.78, 5) is 15.0. The molecule has 1 aromatic carbocycles. The highest BCUT2D eigenvalue weighted by Crippen LogP contribution is 2.23. The molecule has 3 rings (SSSR count). The summed E-state index contributed by atoms with van der Waals surface area (Å²) in [7, 11) is 1.58. The van der Waals surface area contributed by atoms with Crippen molar-refractivity contribution in [2.75, 3.05) is 32.1 Å². The van der Waals surface area contributed by atoms with Crippen LogP contribution in [0.5, 0.6) is 0 Å². The second-order valence-electron chi connectivity index (χ2n) is 5.71. The highest BCUT2D eigenvalue weighted by molar-refractivity contribution is 7.13. The van der Waals surface area contributed by atoms with Crippen LogP contribution >= 0.6 is 11.3 Å². The number of carbonyl (C=O) groups excluding carboxylic acids is 1. The molecule has 0 aliphatic heterocycles. The largest absolute Gasteiger partial charge is 0.419 e. The Morgan fingerprint density at radius 2 is 2.15 bits per heavy atom. The van der Waals surface area contributed by atoms with Gasteiger partial charge < -0.3 is 14.5 Å². The van der Waals surface area contributed by atoms with Crippen molar-refractivity contribution in [3.63, 3.8) is 0 Å². The highest BCUT2D eigenvalue weighted by Gasteiger charge is 2.17. The number of anilines is 1. The van der Waals surface area contributed by atoms with E-state index in [0.717, 1.165) is 4.88 Å². The minimum Gasteiger partial charge on any atom is -0.419 e. The molecule has 2 heterocycles. The fraction of sp³-hybridized carbons (Fsp3) is 0.278. The second-order valence-corrected chi connectivity index (χ2v) is 6.66. The second kappa shape index (κ2) is 9.36. The van der Waals surface area contributed by atoms with Crippen molar-refractivity contribution >= 4 is 22.9 Å². The Balaban J connectivity index is 1.63. The molecule has 0 radical (unpaired) electrons. The number of ether oxygens (including phenoxy) is 1. The van der Waals surface area contributed by atoms with Crippen LogP contribution < -0.4 is 5.32 Å². The molecule has 9 heteroatoms. The lowest BCUT2D eigenvalue weighted by Crippen LogP contribution is -2.35. The summed E-state index contributed by atoms with van der Waals surface area (Å²) in [6.07, 6.45) is 0. The van der Waals surface area contributed by atoms with E-state index < -0.39 is 5.82 Å². The Kier molecular flexibility index (Phi) is 6.64. The zero-order valence-corrected chi connectivity index (χ0v) is 15.5. The summed E-state index contributed by atoms with van der Waals surface area (Å²) >= 11 is 1.51. The van der Waals surface area contributed by atoms with Crippen LogP contribution in [-0.2, 0) is 16.1 Å². The quantitative estimate of drug-likeness (QED) is 0.605. The number of para-hydroxylation sites is 1. The zero-order chi connectivity index (χ0) is 19.1. The Hall–Kier alpha value is -2.62. The van der Waals surface area contributed by atoms with Crippen molar-refractivity contribution in [3.05, 3.63) is 53.5 Å². The molecule has 0 spiro atoms. The molecule has 0 bridgehead atoms. The molecule has 1 N–H and O–H groups in total. The molecular weight excluding hydrogens is 371 g/mol. The number of hydrogen-bond acceptors (Lipinski definition) is 7. The minimum atomic E-state index is -0.480. The van der Waals surface area contributed by atoms with E-state index in [1.807, 2.05) is 17.5 Å². The van der Waals surface area contributed by atoms with E-state index in [2.05, 4.69) is 15.5 Å². The smallest absolute Gasteiger partial charge is 0.257 e. The molecular formula is C18H19FN4O3S. The molecule has 3 aromatic rings. The minimum absolute atomic E-state index is 0.0361. The van der Waals surface area contributed by atoms with Crippen LogP contribution in [0.1, 0.15) is 5.89 Å². The van der Waals surface area contributed by atoms with E-state index in [4.69, 9.17) is 9.15 Å². The maximum absolute atomic E-state index is 13.7. The van der Waals surface area contributed by atoms with Gasteiger partial charge in [0.1, 0.15) is 5.82 Å². The van der Waals surface area contributed by atoms with Crippen molar-refractivity contribution in [1.29, 1.82) is 0 Å². The normalized spacial score (nSPS) is 11.1. The van der Waals surface area contributed by atoms with Gasteiger partial charge in [-0.15, -0.1) is 21.5 Å². The summed E-state index contributed by atoms with van der Waals surface area (Å²) in [5, 5.41) is 12.6. The number of amides is 1. The first kappa shape index (κ1) is 19.2. The lowest BCUT2D eigenvalue weighted by Gasteiger charge is -2.19. The molecule has 0 fully saturated rings. The number of benzene rings is 1. The number of thiophene rings is 1.